The molecule has 0 radical (unpaired) electrons. The molecule has 0 aliphatic carbocycles. The summed E-state index contributed by atoms with van der Waals surface area (Å²) in [5.41, 5.74) is -1.04. The molecule has 1 aromatic rings. The molecule has 0 bridgehead atoms. The monoisotopic (exact) mass is 289 g/mol. The van der Waals surface area contributed by atoms with E-state index in [1.54, 1.807) is 13.8 Å². The summed E-state index contributed by atoms with van der Waals surface area (Å²) in [5.74, 6) is -1.38. The number of nitrogens with zero attached hydrogens (tertiary/aromatic N) is 1. The lowest BCUT2D eigenvalue weighted by atomic mass is 10.0. The summed E-state index contributed by atoms with van der Waals surface area (Å²) in [5, 5.41) is 9.19. The van der Waals surface area contributed by atoms with E-state index in [9.17, 15) is 27.9 Å². The van der Waals surface area contributed by atoms with Crippen LogP contribution in [0, 0.1) is 0 Å². The highest BCUT2D eigenvalue weighted by molar-refractivity contribution is 5.78. The molecule has 1 aromatic carbocycles. The third-order valence-corrected chi connectivity index (χ3v) is 2.78. The van der Waals surface area contributed by atoms with Gasteiger partial charge < -0.3 is 10.0 Å². The van der Waals surface area contributed by atoms with E-state index in [1.165, 1.54) is 6.07 Å². The third-order valence-electron chi connectivity index (χ3n) is 2.78. The van der Waals surface area contributed by atoms with E-state index in [2.05, 4.69) is 0 Å². The highest BCUT2D eigenvalue weighted by atomic mass is 19.4. The lowest BCUT2D eigenvalue weighted by Gasteiger charge is -2.29. The number of rotatable bonds is 5. The molecule has 4 nitrogen and oxygen atoms in total. The first-order chi connectivity index (χ1) is 9.18. The Morgan fingerprint density at radius 3 is 2.35 bits per heavy atom. The van der Waals surface area contributed by atoms with Gasteiger partial charge in [-0.25, -0.2) is 4.79 Å². The second-order valence-electron chi connectivity index (χ2n) is 4.51. The van der Waals surface area contributed by atoms with Gasteiger partial charge in [0.1, 0.15) is 0 Å². The molecule has 1 unspecified atom stereocenters. The quantitative estimate of drug-likeness (QED) is 0.848. The van der Waals surface area contributed by atoms with E-state index in [1.807, 2.05) is 0 Å². The van der Waals surface area contributed by atoms with Gasteiger partial charge in [-0.3, -0.25) is 4.79 Å². The molecule has 0 aromatic heterocycles. The van der Waals surface area contributed by atoms with Crippen LogP contribution in [0.1, 0.15) is 31.0 Å². The number of carbonyl (C=O) groups excluding carboxylic acids is 1. The maximum absolute atomic E-state index is 12.6. The Kier molecular flexibility index (Phi) is 4.75. The average Bonchev–Trinajstić information content (AvgIpc) is 2.33. The predicted octanol–water partition coefficient (Wildman–Crippen LogP) is 2.70. The molecular weight excluding hydrogens is 275 g/mol. The minimum Gasteiger partial charge on any atom is -0.479 e. The molecule has 1 N–H and O–H groups in total. The molecule has 1 atom stereocenters. The van der Waals surface area contributed by atoms with Gasteiger partial charge in [-0.05, 0) is 31.5 Å². The molecule has 110 valence electrons. The van der Waals surface area contributed by atoms with Gasteiger partial charge in [0.25, 0.3) is 0 Å². The van der Waals surface area contributed by atoms with Crippen molar-refractivity contribution in [3.63, 3.8) is 0 Å². The minimum absolute atomic E-state index is 0.0897. The number of carboxylic acid groups (broad SMARTS) is 1. The predicted molar refractivity (Wildman–Crippen MR) is 64.9 cm³/mol. The van der Waals surface area contributed by atoms with Crippen molar-refractivity contribution < 1.29 is 27.9 Å². The standard InChI is InChI=1S/C13H14F3NO3/c1-8(2)17(7-18)11(12(19)20)9-4-3-5-10(6-9)13(14,15)16/h3-8,11H,1-2H3,(H,19,20). The van der Waals surface area contributed by atoms with Gasteiger partial charge in [-0.15, -0.1) is 0 Å². The maximum Gasteiger partial charge on any atom is 0.416 e. The SMILES string of the molecule is CC(C)N(C=O)C(C(=O)O)c1cccc(C(F)(F)F)c1. The Balaban J connectivity index is 3.29. The van der Waals surface area contributed by atoms with Crippen LogP contribution in [0.15, 0.2) is 24.3 Å². The molecule has 7 heteroatoms. The molecule has 1 rings (SSSR count). The second kappa shape index (κ2) is 5.94. The molecule has 0 saturated heterocycles. The first-order valence-corrected chi connectivity index (χ1v) is 5.81. The van der Waals surface area contributed by atoms with Crippen LogP contribution in [0.2, 0.25) is 0 Å². The normalized spacial score (nSPS) is 13.1. The van der Waals surface area contributed by atoms with Crippen LogP contribution in [0.25, 0.3) is 0 Å². The Morgan fingerprint density at radius 1 is 1.35 bits per heavy atom. The van der Waals surface area contributed by atoms with Crippen molar-refractivity contribution in [2.75, 3.05) is 0 Å². The smallest absolute Gasteiger partial charge is 0.416 e. The summed E-state index contributed by atoms with van der Waals surface area (Å²) in [4.78, 5) is 23.2. The number of carbonyl (C=O) groups is 2. The lowest BCUT2D eigenvalue weighted by molar-refractivity contribution is -0.148. The third kappa shape index (κ3) is 3.49. The van der Waals surface area contributed by atoms with Crippen molar-refractivity contribution in [1.82, 2.24) is 4.90 Å². The number of benzene rings is 1. The number of halogens is 3. The van der Waals surface area contributed by atoms with Crippen molar-refractivity contribution in [2.24, 2.45) is 0 Å². The topological polar surface area (TPSA) is 57.6 Å². The lowest BCUT2D eigenvalue weighted by Crippen LogP contribution is -2.38. The zero-order valence-electron chi connectivity index (χ0n) is 10.9. The number of aliphatic carboxylic acids is 1. The molecule has 0 fully saturated rings. The van der Waals surface area contributed by atoms with Gasteiger partial charge in [-0.2, -0.15) is 13.2 Å². The Bertz CT molecular complexity index is 500. The van der Waals surface area contributed by atoms with Crippen LogP contribution in [-0.4, -0.2) is 28.4 Å². The van der Waals surface area contributed by atoms with Gasteiger partial charge in [0, 0.05) is 6.04 Å². The van der Waals surface area contributed by atoms with Crippen molar-refractivity contribution in [3.05, 3.63) is 35.4 Å². The first kappa shape index (κ1) is 16.0. The van der Waals surface area contributed by atoms with Gasteiger partial charge in [-0.1, -0.05) is 12.1 Å². The number of alkyl halides is 3. The fourth-order valence-electron chi connectivity index (χ4n) is 1.81. The Morgan fingerprint density at radius 2 is 1.95 bits per heavy atom. The van der Waals surface area contributed by atoms with Gasteiger partial charge in [0.2, 0.25) is 6.41 Å². The maximum atomic E-state index is 12.6. The Labute approximate surface area is 113 Å². The summed E-state index contributed by atoms with van der Waals surface area (Å²) >= 11 is 0. The highest BCUT2D eigenvalue weighted by Crippen LogP contribution is 2.32. The summed E-state index contributed by atoms with van der Waals surface area (Å²) in [6, 6.07) is 2.07. The fourth-order valence-corrected chi connectivity index (χ4v) is 1.81. The minimum atomic E-state index is -4.57. The van der Waals surface area contributed by atoms with Crippen LogP contribution in [0.4, 0.5) is 13.2 Å². The number of hydrogen-bond acceptors (Lipinski definition) is 2. The molecule has 0 aliphatic rings. The van der Waals surface area contributed by atoms with E-state index >= 15 is 0 Å². The number of hydrogen-bond donors (Lipinski definition) is 1. The highest BCUT2D eigenvalue weighted by Gasteiger charge is 2.33. The molecule has 0 saturated carbocycles. The summed E-state index contributed by atoms with van der Waals surface area (Å²) < 4.78 is 37.9. The second-order valence-corrected chi connectivity index (χ2v) is 4.51. The van der Waals surface area contributed by atoms with Crippen molar-refractivity contribution >= 4 is 12.4 Å². The summed E-state index contributed by atoms with van der Waals surface area (Å²) in [6.45, 7) is 3.16. The Hall–Kier alpha value is -2.05. The molecule has 0 spiro atoms. The first-order valence-electron chi connectivity index (χ1n) is 5.81. The van der Waals surface area contributed by atoms with Crippen molar-refractivity contribution in [2.45, 2.75) is 32.1 Å². The van der Waals surface area contributed by atoms with Crippen LogP contribution in [0.5, 0.6) is 0 Å². The fraction of sp³-hybridized carbons (Fsp3) is 0.385. The summed E-state index contributed by atoms with van der Waals surface area (Å²) in [7, 11) is 0. The molecular formula is C13H14F3NO3. The zero-order valence-corrected chi connectivity index (χ0v) is 10.9. The average molecular weight is 289 g/mol. The van der Waals surface area contributed by atoms with Crippen LogP contribution in [-0.2, 0) is 15.8 Å². The van der Waals surface area contributed by atoms with E-state index in [0.29, 0.717) is 6.41 Å². The van der Waals surface area contributed by atoms with Gasteiger partial charge in [0.05, 0.1) is 5.56 Å². The molecule has 20 heavy (non-hydrogen) atoms. The van der Waals surface area contributed by atoms with Crippen molar-refractivity contribution in [3.8, 4) is 0 Å². The van der Waals surface area contributed by atoms with E-state index in [-0.39, 0.29) is 5.56 Å². The van der Waals surface area contributed by atoms with Gasteiger partial charge >= 0.3 is 12.1 Å². The van der Waals surface area contributed by atoms with Gasteiger partial charge in [0.15, 0.2) is 6.04 Å². The number of amides is 1. The van der Waals surface area contributed by atoms with Crippen molar-refractivity contribution in [1.29, 1.82) is 0 Å². The van der Waals surface area contributed by atoms with E-state index in [4.69, 9.17) is 0 Å². The largest absolute Gasteiger partial charge is 0.479 e. The summed E-state index contributed by atoms with van der Waals surface area (Å²) in [6.07, 6.45) is -4.24. The van der Waals surface area contributed by atoms with E-state index in [0.717, 1.165) is 23.1 Å². The van der Waals surface area contributed by atoms with E-state index < -0.39 is 29.8 Å². The van der Waals surface area contributed by atoms with Crippen LogP contribution >= 0.6 is 0 Å². The molecule has 0 heterocycles. The van der Waals surface area contributed by atoms with Crippen LogP contribution in [0.3, 0.4) is 0 Å². The molecule has 0 aliphatic heterocycles. The van der Waals surface area contributed by atoms with Crippen LogP contribution < -0.4 is 0 Å². The molecule has 1 amide bonds. The zero-order chi connectivity index (χ0) is 15.5. The number of carboxylic acids is 1.